The summed E-state index contributed by atoms with van der Waals surface area (Å²) in [5, 5.41) is 5.75. The van der Waals surface area contributed by atoms with E-state index >= 15 is 0 Å². The van der Waals surface area contributed by atoms with E-state index in [-0.39, 0.29) is 24.1 Å². The second-order valence-corrected chi connectivity index (χ2v) is 7.38. The van der Waals surface area contributed by atoms with E-state index in [1.54, 1.807) is 11.0 Å². The highest BCUT2D eigenvalue weighted by molar-refractivity contribution is 6.06. The van der Waals surface area contributed by atoms with Crippen molar-refractivity contribution in [2.75, 3.05) is 11.9 Å². The van der Waals surface area contributed by atoms with Crippen molar-refractivity contribution in [1.82, 2.24) is 10.2 Å². The Morgan fingerprint density at radius 1 is 1.10 bits per heavy atom. The minimum atomic E-state index is -0.586. The summed E-state index contributed by atoms with van der Waals surface area (Å²) in [7, 11) is 0. The van der Waals surface area contributed by atoms with E-state index < -0.39 is 6.04 Å². The van der Waals surface area contributed by atoms with Crippen LogP contribution in [0.5, 0.6) is 0 Å². The number of unbranched alkanes of at least 4 members (excludes halogenated alkanes) is 5. The van der Waals surface area contributed by atoms with Crippen molar-refractivity contribution in [1.29, 1.82) is 0 Å². The smallest absolute Gasteiger partial charge is 0.255 e. The minimum Gasteiger partial charge on any atom is -0.385 e. The summed E-state index contributed by atoms with van der Waals surface area (Å²) in [6.45, 7) is 5.20. The fraction of sp³-hybridized carbons (Fsp3) is 0.565. The zero-order valence-electron chi connectivity index (χ0n) is 18.0. The number of nitrogens with zero attached hydrogens (tertiary/aromatic N) is 1. The Bertz CT molecular complexity index is 763. The van der Waals surface area contributed by atoms with E-state index in [9.17, 15) is 19.2 Å². The molecule has 2 aliphatic rings. The molecule has 7 nitrogen and oxygen atoms in total. The molecule has 1 aromatic carbocycles. The number of aldehydes is 1. The van der Waals surface area contributed by atoms with E-state index in [4.69, 9.17) is 0 Å². The van der Waals surface area contributed by atoms with Gasteiger partial charge in [0.05, 0.1) is 0 Å². The van der Waals surface area contributed by atoms with E-state index in [1.807, 2.05) is 26.0 Å². The number of piperidine rings is 1. The molecular formula is C23H33N3O4. The Labute approximate surface area is 178 Å². The quantitative estimate of drug-likeness (QED) is 0.347. The summed E-state index contributed by atoms with van der Waals surface area (Å²) < 4.78 is 0. The number of fused-ring (bicyclic) bond motifs is 1. The van der Waals surface area contributed by atoms with Crippen molar-refractivity contribution in [3.63, 3.8) is 0 Å². The molecular weight excluding hydrogens is 382 g/mol. The highest BCUT2D eigenvalue weighted by Crippen LogP contribution is 2.32. The maximum Gasteiger partial charge on any atom is 0.255 e. The van der Waals surface area contributed by atoms with Crippen molar-refractivity contribution in [2.45, 2.75) is 77.8 Å². The van der Waals surface area contributed by atoms with Gasteiger partial charge in [-0.1, -0.05) is 39.2 Å². The van der Waals surface area contributed by atoms with Crippen LogP contribution in [0.25, 0.3) is 0 Å². The summed E-state index contributed by atoms with van der Waals surface area (Å²) >= 11 is 0. The van der Waals surface area contributed by atoms with Crippen LogP contribution in [-0.4, -0.2) is 41.5 Å². The Kier molecular flexibility index (Phi) is 9.51. The van der Waals surface area contributed by atoms with Crippen LogP contribution in [0.2, 0.25) is 0 Å². The average Bonchev–Trinajstić information content (AvgIpc) is 3.09. The molecule has 0 bridgehead atoms. The number of imide groups is 1. The van der Waals surface area contributed by atoms with Gasteiger partial charge in [0.1, 0.15) is 12.3 Å². The van der Waals surface area contributed by atoms with Crippen LogP contribution in [0, 0.1) is 0 Å². The van der Waals surface area contributed by atoms with Gasteiger partial charge in [0, 0.05) is 42.7 Å². The predicted octanol–water partition coefficient (Wildman–Crippen LogP) is 3.43. The molecule has 1 saturated heterocycles. The molecule has 164 valence electrons. The molecule has 1 fully saturated rings. The van der Waals surface area contributed by atoms with Gasteiger partial charge in [-0.25, -0.2) is 0 Å². The fourth-order valence-electron chi connectivity index (χ4n) is 3.86. The Balaban J connectivity index is 0.00000155. The lowest BCUT2D eigenvalue weighted by molar-refractivity contribution is -0.136. The maximum absolute atomic E-state index is 12.8. The first-order valence-electron chi connectivity index (χ1n) is 11.1. The lowest BCUT2D eigenvalue weighted by Crippen LogP contribution is -2.52. The molecule has 30 heavy (non-hydrogen) atoms. The van der Waals surface area contributed by atoms with Crippen molar-refractivity contribution in [3.8, 4) is 0 Å². The zero-order valence-corrected chi connectivity index (χ0v) is 18.0. The molecule has 1 unspecified atom stereocenters. The SMILES string of the molecule is CC.O=CCCCCCCCNc1cccc2c1CN(C1CCC(=O)NC1=O)C2=O. The third-order valence-electron chi connectivity index (χ3n) is 5.40. The predicted molar refractivity (Wildman–Crippen MR) is 116 cm³/mol. The van der Waals surface area contributed by atoms with Crippen molar-refractivity contribution < 1.29 is 19.2 Å². The van der Waals surface area contributed by atoms with Crippen LogP contribution in [0.3, 0.4) is 0 Å². The standard InChI is InChI=1S/C21H27N3O4.C2H6/c25-13-6-4-2-1-3-5-12-22-17-9-7-8-15-16(17)14-24(21(15)28)18-10-11-19(26)23-20(18)27;1-2/h7-9,13,18,22H,1-6,10-12,14H2,(H,23,26,27);1-2H3. The number of anilines is 1. The van der Waals surface area contributed by atoms with E-state index in [0.29, 0.717) is 24.9 Å². The highest BCUT2D eigenvalue weighted by atomic mass is 16.2. The van der Waals surface area contributed by atoms with Gasteiger partial charge in [0.2, 0.25) is 11.8 Å². The molecule has 2 heterocycles. The molecule has 2 N–H and O–H groups in total. The van der Waals surface area contributed by atoms with Gasteiger partial charge in [-0.2, -0.15) is 0 Å². The monoisotopic (exact) mass is 415 g/mol. The molecule has 1 atom stereocenters. The lowest BCUT2D eigenvalue weighted by Gasteiger charge is -2.29. The van der Waals surface area contributed by atoms with Crippen molar-refractivity contribution in [2.24, 2.45) is 0 Å². The summed E-state index contributed by atoms with van der Waals surface area (Å²) in [5.41, 5.74) is 2.48. The van der Waals surface area contributed by atoms with E-state index in [0.717, 1.165) is 56.2 Å². The first-order valence-corrected chi connectivity index (χ1v) is 11.1. The number of amides is 3. The molecule has 7 heteroatoms. The van der Waals surface area contributed by atoms with Gasteiger partial charge in [0.25, 0.3) is 5.91 Å². The highest BCUT2D eigenvalue weighted by Gasteiger charge is 2.39. The maximum atomic E-state index is 12.8. The van der Waals surface area contributed by atoms with Crippen LogP contribution < -0.4 is 10.6 Å². The zero-order chi connectivity index (χ0) is 21.9. The van der Waals surface area contributed by atoms with Crippen molar-refractivity contribution >= 4 is 29.7 Å². The lowest BCUT2D eigenvalue weighted by atomic mass is 10.0. The topological polar surface area (TPSA) is 95.6 Å². The largest absolute Gasteiger partial charge is 0.385 e. The number of hydrogen-bond acceptors (Lipinski definition) is 5. The molecule has 3 amide bonds. The van der Waals surface area contributed by atoms with Gasteiger partial charge in [-0.15, -0.1) is 0 Å². The third kappa shape index (κ3) is 5.90. The summed E-state index contributed by atoms with van der Waals surface area (Å²) in [6.07, 6.45) is 7.52. The molecule has 0 aromatic heterocycles. The van der Waals surface area contributed by atoms with Crippen LogP contribution in [0.1, 0.15) is 81.1 Å². The van der Waals surface area contributed by atoms with Crippen molar-refractivity contribution in [3.05, 3.63) is 29.3 Å². The van der Waals surface area contributed by atoms with E-state index in [1.165, 1.54) is 0 Å². The second kappa shape index (κ2) is 12.1. The molecule has 0 aliphatic carbocycles. The normalized spacial score (nSPS) is 17.7. The number of benzene rings is 1. The molecule has 0 radical (unpaired) electrons. The van der Waals surface area contributed by atoms with Gasteiger partial charge < -0.3 is 15.0 Å². The average molecular weight is 416 g/mol. The summed E-state index contributed by atoms with van der Waals surface area (Å²) in [4.78, 5) is 48.2. The second-order valence-electron chi connectivity index (χ2n) is 7.38. The number of rotatable bonds is 10. The minimum absolute atomic E-state index is 0.150. The summed E-state index contributed by atoms with van der Waals surface area (Å²) in [5.74, 6) is -0.816. The molecule has 0 saturated carbocycles. The first kappa shape index (κ1) is 23.6. The van der Waals surface area contributed by atoms with Crippen LogP contribution >= 0.6 is 0 Å². The Hall–Kier alpha value is -2.70. The Morgan fingerprint density at radius 3 is 2.57 bits per heavy atom. The van der Waals surface area contributed by atoms with Gasteiger partial charge >= 0.3 is 0 Å². The number of nitrogens with one attached hydrogen (secondary N) is 2. The van der Waals surface area contributed by atoms with Crippen LogP contribution in [0.4, 0.5) is 5.69 Å². The first-order chi connectivity index (χ1) is 14.6. The molecule has 2 aliphatic heterocycles. The van der Waals surface area contributed by atoms with Gasteiger partial charge in [-0.05, 0) is 31.4 Å². The van der Waals surface area contributed by atoms with Gasteiger partial charge in [0.15, 0.2) is 0 Å². The van der Waals surface area contributed by atoms with Crippen LogP contribution in [0.15, 0.2) is 18.2 Å². The van der Waals surface area contributed by atoms with Gasteiger partial charge in [-0.3, -0.25) is 19.7 Å². The Morgan fingerprint density at radius 2 is 1.83 bits per heavy atom. The van der Waals surface area contributed by atoms with Crippen LogP contribution in [-0.2, 0) is 20.9 Å². The fourth-order valence-corrected chi connectivity index (χ4v) is 3.86. The number of carbonyl (C=O) groups excluding carboxylic acids is 4. The molecule has 3 rings (SSSR count). The molecule has 0 spiro atoms. The molecule has 1 aromatic rings. The third-order valence-corrected chi connectivity index (χ3v) is 5.40. The number of carbonyl (C=O) groups is 4. The van der Waals surface area contributed by atoms with E-state index in [2.05, 4.69) is 10.6 Å². The number of hydrogen-bond donors (Lipinski definition) is 2. The summed E-state index contributed by atoms with van der Waals surface area (Å²) in [6, 6.07) is 5.02.